The highest BCUT2D eigenvalue weighted by Gasteiger charge is 2.50. The minimum absolute atomic E-state index is 0.0607. The smallest absolute Gasteiger partial charge is 0.330 e. The van der Waals surface area contributed by atoms with Crippen molar-refractivity contribution in [3.05, 3.63) is 45.8 Å². The van der Waals surface area contributed by atoms with Gasteiger partial charge in [0.2, 0.25) is 6.80 Å². The van der Waals surface area contributed by atoms with Gasteiger partial charge in [0, 0.05) is 12.3 Å². The molecule has 0 aromatic carbocycles. The van der Waals surface area contributed by atoms with Crippen molar-refractivity contribution in [2.75, 3.05) is 18.9 Å². The molecule has 0 radical (unpaired) electrons. The number of hydrogen-bond donors (Lipinski definition) is 4. The summed E-state index contributed by atoms with van der Waals surface area (Å²) >= 11 is 10.1. The molecule has 2 unspecified atom stereocenters. The molecule has 5 N–H and O–H groups in total. The molecule has 23 heteroatoms. The number of nitrogens with two attached hydrogens (primary N) is 1. The van der Waals surface area contributed by atoms with E-state index in [9.17, 15) is 29.3 Å². The van der Waals surface area contributed by atoms with E-state index in [0.29, 0.717) is 0 Å². The summed E-state index contributed by atoms with van der Waals surface area (Å²) < 4.78 is 48.7. The van der Waals surface area contributed by atoms with Crippen LogP contribution < -0.4 is 21.9 Å². The fourth-order valence-electron chi connectivity index (χ4n) is 4.76. The van der Waals surface area contributed by atoms with Crippen molar-refractivity contribution < 1.29 is 47.2 Å². The van der Waals surface area contributed by atoms with E-state index in [1.165, 1.54) is 17.2 Å². The van der Waals surface area contributed by atoms with Gasteiger partial charge in [0.05, 0.1) is 19.5 Å². The van der Waals surface area contributed by atoms with Crippen LogP contribution >= 0.6 is 13.5 Å². The van der Waals surface area contributed by atoms with E-state index in [-0.39, 0.29) is 17.0 Å². The molecule has 6 heterocycles. The van der Waals surface area contributed by atoms with Crippen LogP contribution in [0.1, 0.15) is 12.5 Å². The molecule has 0 saturated carbocycles. The maximum Gasteiger partial charge on any atom is 0.330 e. The second-order valence-corrected chi connectivity index (χ2v) is 14.7. The number of imidazole rings is 1. The number of aromatic nitrogens is 6. The van der Waals surface area contributed by atoms with Crippen LogP contribution in [0.2, 0.25) is 0 Å². The maximum absolute atomic E-state index is 13.3. The fourth-order valence-corrected chi connectivity index (χ4v) is 7.56. The van der Waals surface area contributed by atoms with Crippen molar-refractivity contribution in [3.63, 3.8) is 0 Å². The summed E-state index contributed by atoms with van der Waals surface area (Å²) in [5.74, 6) is 0.0607. The normalized spacial score (nSPS) is 39.3. The molecule has 3 fully saturated rings. The Hall–Kier alpha value is -2.10. The lowest BCUT2D eigenvalue weighted by Crippen LogP contribution is -2.40. The van der Waals surface area contributed by atoms with Gasteiger partial charge in [0.25, 0.3) is 5.56 Å². The third-order valence-corrected chi connectivity index (χ3v) is 9.79. The van der Waals surface area contributed by atoms with Crippen LogP contribution in [0.3, 0.4) is 0 Å². The zero-order chi connectivity index (χ0) is 30.0. The van der Waals surface area contributed by atoms with Gasteiger partial charge >= 0.3 is 5.69 Å². The number of aliphatic hydroxyl groups is 2. The average Bonchev–Trinajstić information content (AvgIpc) is 3.57. The van der Waals surface area contributed by atoms with Gasteiger partial charge in [-0.05, 0) is 0 Å². The molecule has 4 bridgehead atoms. The van der Waals surface area contributed by atoms with Crippen molar-refractivity contribution in [1.29, 1.82) is 0 Å². The van der Waals surface area contributed by atoms with Gasteiger partial charge in [0.15, 0.2) is 23.9 Å². The summed E-state index contributed by atoms with van der Waals surface area (Å²) in [5.41, 5.74) is 4.60. The van der Waals surface area contributed by atoms with Crippen molar-refractivity contribution in [2.45, 2.75) is 49.1 Å². The van der Waals surface area contributed by atoms with Crippen LogP contribution in [0.4, 0.5) is 5.82 Å². The number of aliphatic hydroxyl groups excluding tert-OH is 2. The van der Waals surface area contributed by atoms with E-state index in [1.54, 1.807) is 0 Å². The molecule has 19 nitrogen and oxygen atoms in total. The van der Waals surface area contributed by atoms with Gasteiger partial charge < -0.3 is 60.7 Å². The number of fused-ring (bicyclic) bond motifs is 5. The molecule has 228 valence electrons. The molecular weight excluding hydrogens is 644 g/mol. The number of rotatable bonds is 2. The third kappa shape index (κ3) is 5.61. The first-order valence-corrected chi connectivity index (χ1v) is 17.1. The second-order valence-electron chi connectivity index (χ2n) is 9.34. The van der Waals surface area contributed by atoms with Crippen LogP contribution in [-0.2, 0) is 56.2 Å². The number of nitrogens with one attached hydrogen (secondary N) is 1. The monoisotopic (exact) mass is 665 g/mol. The summed E-state index contributed by atoms with van der Waals surface area (Å²) in [7, 11) is 0. The highest BCUT2D eigenvalue weighted by atomic mass is 32.7. The van der Waals surface area contributed by atoms with Gasteiger partial charge in [-0.1, -0.05) is 11.8 Å². The van der Waals surface area contributed by atoms with E-state index < -0.39 is 87.1 Å². The van der Waals surface area contributed by atoms with Crippen molar-refractivity contribution in [2.24, 2.45) is 0 Å². The Labute approximate surface area is 244 Å². The highest BCUT2D eigenvalue weighted by molar-refractivity contribution is 8.32. The molecule has 6 rings (SSSR count). The average molecular weight is 665 g/mol. The van der Waals surface area contributed by atoms with E-state index in [0.717, 1.165) is 16.8 Å². The first-order valence-electron chi connectivity index (χ1n) is 12.0. The Bertz CT molecular complexity index is 1720. The predicted molar refractivity (Wildman–Crippen MR) is 142 cm³/mol. The molecular formula is C19H21N7O12P2S2-2. The van der Waals surface area contributed by atoms with E-state index in [4.69, 9.17) is 57.4 Å². The molecule has 42 heavy (non-hydrogen) atoms. The van der Waals surface area contributed by atoms with Crippen LogP contribution in [0.25, 0.3) is 11.2 Å². The fraction of sp³-hybridized carbons (Fsp3) is 0.526. The van der Waals surface area contributed by atoms with Crippen LogP contribution in [-0.4, -0.2) is 89.1 Å². The number of aromatic amines is 1. The number of nitrogens with zero attached hydrogens (tertiary/aromatic N) is 5. The van der Waals surface area contributed by atoms with Crippen molar-refractivity contribution in [3.8, 4) is 0 Å². The third-order valence-electron chi connectivity index (χ3n) is 6.71. The zero-order valence-electron chi connectivity index (χ0n) is 20.8. The number of hydrogen-bond acceptors (Lipinski definition) is 18. The number of anilines is 1. The van der Waals surface area contributed by atoms with Crippen molar-refractivity contribution >= 4 is 54.6 Å². The molecule has 10 atom stereocenters. The minimum atomic E-state index is -4.49. The van der Waals surface area contributed by atoms with E-state index in [1.807, 2.05) is 4.98 Å². The van der Waals surface area contributed by atoms with Crippen molar-refractivity contribution in [1.82, 2.24) is 29.1 Å². The summed E-state index contributed by atoms with van der Waals surface area (Å²) in [5, 5.41) is 22.0. The van der Waals surface area contributed by atoms with E-state index in [2.05, 4.69) is 15.0 Å². The van der Waals surface area contributed by atoms with Gasteiger partial charge in [-0.25, -0.2) is 19.7 Å². The maximum atomic E-state index is 13.3. The number of nitrogen functional groups attached to an aromatic ring is 1. The van der Waals surface area contributed by atoms with E-state index >= 15 is 0 Å². The topological polar surface area (TPSA) is 260 Å². The molecule has 0 spiro atoms. The highest BCUT2D eigenvalue weighted by Crippen LogP contribution is 2.53. The van der Waals surface area contributed by atoms with Crippen LogP contribution in [0.15, 0.2) is 34.5 Å². The van der Waals surface area contributed by atoms with Gasteiger partial charge in [0.1, 0.15) is 55.2 Å². The Morgan fingerprint density at radius 2 is 1.69 bits per heavy atom. The molecule has 3 aromatic heterocycles. The lowest BCUT2D eigenvalue weighted by atomic mass is 10.1. The number of ether oxygens (including phenoxy) is 2. The molecule has 3 aromatic rings. The summed E-state index contributed by atoms with van der Waals surface area (Å²) in [6.45, 7) is -10.3. The molecule has 0 aliphatic carbocycles. The molecule has 0 amide bonds. The molecule has 3 aliphatic rings. The van der Waals surface area contributed by atoms with Gasteiger partial charge in [-0.15, -0.1) is 0 Å². The molecule has 3 saturated heterocycles. The quantitative estimate of drug-likeness (QED) is 0.163. The Kier molecular flexibility index (Phi) is 7.93. The SMILES string of the molecule is Nc1ncnc2c1ncn2[C@@H]1O[C@@H]2COP(=O)([S-])O[C@@H]3[C@H](O)[C@@H](COP([O-])(=S)O[C@@H]1[C@@H]2O)O[C@H]3n1ccc(=O)[nH]c1=O. The summed E-state index contributed by atoms with van der Waals surface area (Å²) in [6.07, 6.45) is -8.24. The van der Waals surface area contributed by atoms with Crippen LogP contribution in [0, 0.1) is 0 Å². The van der Waals surface area contributed by atoms with Crippen LogP contribution in [0.5, 0.6) is 0 Å². The van der Waals surface area contributed by atoms with Gasteiger partial charge in [-0.3, -0.25) is 23.5 Å². The Morgan fingerprint density at radius 3 is 2.38 bits per heavy atom. The second kappa shape index (κ2) is 11.1. The lowest BCUT2D eigenvalue weighted by molar-refractivity contribution is -0.219. The Morgan fingerprint density at radius 1 is 1.05 bits per heavy atom. The zero-order valence-corrected chi connectivity index (χ0v) is 24.3. The largest absolute Gasteiger partial charge is 0.780 e. The standard InChI is InChI=1S/C19H23N7O12P2S2/c20-15-10-16(22-5-21-15)26(6-23-10)18-14-12(29)8(36-18)4-34-39(31,41)37-13-11(28)7(3-33-40(32,42)38-14)35-17(13)25-2-1-9(27)24-19(25)30/h1-2,5-8,11-14,17-18,28-29H,3-4H2,(H,31,41)(H,32,42)(H2,20,21,22)(H,24,27,30)/p-2/t7-,8-,11-,12-,13-,14-,17-,18-,39?,40?/m1/s1. The lowest BCUT2D eigenvalue weighted by Gasteiger charge is -2.34. The minimum Gasteiger partial charge on any atom is -0.780 e. The Balaban J connectivity index is 1.34. The first kappa shape index (κ1) is 29.9. The predicted octanol–water partition coefficient (Wildman–Crippen LogP) is -2.47. The molecule has 3 aliphatic heterocycles. The number of H-pyrrole nitrogens is 1. The van der Waals surface area contributed by atoms with Gasteiger partial charge in [-0.2, -0.15) is 0 Å². The summed E-state index contributed by atoms with van der Waals surface area (Å²) in [6, 6.07) is 1.01. The summed E-state index contributed by atoms with van der Waals surface area (Å²) in [4.78, 5) is 51.4. The first-order chi connectivity index (χ1) is 19.8.